The minimum absolute atomic E-state index is 0.0920. The quantitative estimate of drug-likeness (QED) is 0.428. The fourth-order valence-electron chi connectivity index (χ4n) is 4.30. The number of morpholine rings is 1. The summed E-state index contributed by atoms with van der Waals surface area (Å²) < 4.78 is 7.27. The molecule has 0 aliphatic carbocycles. The van der Waals surface area contributed by atoms with Gasteiger partial charge in [-0.3, -0.25) is 14.1 Å². The Kier molecular flexibility index (Phi) is 5.95. The summed E-state index contributed by atoms with van der Waals surface area (Å²) in [4.78, 5) is 28.2. The molecular formula is C24H26ClN5O2. The average Bonchev–Trinajstić information content (AvgIpc) is 3.37. The Morgan fingerprint density at radius 1 is 1.19 bits per heavy atom. The number of imidazole rings is 2. The van der Waals surface area contributed by atoms with E-state index in [1.54, 1.807) is 12.1 Å². The first-order valence-corrected chi connectivity index (χ1v) is 11.5. The minimum atomic E-state index is 0.0920. The fraction of sp³-hybridized carbons (Fsp3) is 0.375. The maximum absolute atomic E-state index is 13.1. The van der Waals surface area contributed by atoms with E-state index in [4.69, 9.17) is 21.3 Å². The number of pyridine rings is 1. The van der Waals surface area contributed by atoms with E-state index < -0.39 is 0 Å². The van der Waals surface area contributed by atoms with Crippen LogP contribution in [-0.4, -0.2) is 56.3 Å². The van der Waals surface area contributed by atoms with Crippen LogP contribution in [0, 0.1) is 0 Å². The molecule has 5 rings (SSSR count). The summed E-state index contributed by atoms with van der Waals surface area (Å²) in [6.07, 6.45) is 3.61. The number of ketones is 1. The first kappa shape index (κ1) is 21.1. The van der Waals surface area contributed by atoms with Gasteiger partial charge in [0.2, 0.25) is 0 Å². The number of rotatable bonds is 7. The molecule has 0 amide bonds. The Morgan fingerprint density at radius 3 is 2.84 bits per heavy atom. The molecule has 1 saturated heterocycles. The number of aromatic amines is 1. The zero-order valence-electron chi connectivity index (χ0n) is 18.1. The standard InChI is InChI=1S/C24H26ClN5O2/c1-2-18-24(30-8-7-17(25)14-23(30)28-18)21(31)6-4-16-3-5-19-20(13-16)27-22(26-19)15-29-9-11-32-12-10-29/h3,5,7-8,13-14H,2,4,6,9-12,15H2,1H3,(H,26,27). The predicted molar refractivity (Wildman–Crippen MR) is 124 cm³/mol. The van der Waals surface area contributed by atoms with Crippen LogP contribution in [0.3, 0.4) is 0 Å². The minimum Gasteiger partial charge on any atom is -0.379 e. The van der Waals surface area contributed by atoms with Gasteiger partial charge in [0, 0.05) is 36.8 Å². The Hall–Kier alpha value is -2.74. The van der Waals surface area contributed by atoms with Gasteiger partial charge in [0.15, 0.2) is 5.78 Å². The molecule has 1 aromatic carbocycles. The van der Waals surface area contributed by atoms with Gasteiger partial charge in [0.05, 0.1) is 36.5 Å². The van der Waals surface area contributed by atoms with E-state index >= 15 is 0 Å². The third kappa shape index (κ3) is 4.28. The molecule has 4 aromatic rings. The van der Waals surface area contributed by atoms with E-state index in [9.17, 15) is 4.79 Å². The summed E-state index contributed by atoms with van der Waals surface area (Å²) in [5, 5.41) is 0.616. The number of fused-ring (bicyclic) bond motifs is 2. The van der Waals surface area contributed by atoms with Crippen molar-refractivity contribution in [1.29, 1.82) is 0 Å². The number of H-pyrrole nitrogens is 1. The second kappa shape index (κ2) is 9.02. The zero-order valence-corrected chi connectivity index (χ0v) is 18.9. The number of hydrogen-bond donors (Lipinski definition) is 1. The van der Waals surface area contributed by atoms with Gasteiger partial charge in [-0.15, -0.1) is 0 Å². The van der Waals surface area contributed by atoms with Crippen molar-refractivity contribution >= 4 is 34.1 Å². The van der Waals surface area contributed by atoms with E-state index in [0.717, 1.165) is 61.0 Å². The highest BCUT2D eigenvalue weighted by molar-refractivity contribution is 6.30. The summed E-state index contributed by atoms with van der Waals surface area (Å²) in [6.45, 7) is 6.22. The maximum atomic E-state index is 13.1. The molecule has 3 aromatic heterocycles. The lowest BCUT2D eigenvalue weighted by Crippen LogP contribution is -2.35. The van der Waals surface area contributed by atoms with Gasteiger partial charge in [-0.2, -0.15) is 0 Å². The second-order valence-corrected chi connectivity index (χ2v) is 8.62. The lowest BCUT2D eigenvalue weighted by Gasteiger charge is -2.25. The molecule has 0 radical (unpaired) electrons. The van der Waals surface area contributed by atoms with Crippen LogP contribution in [-0.2, 0) is 24.1 Å². The first-order chi connectivity index (χ1) is 15.6. The summed E-state index contributed by atoms with van der Waals surface area (Å²) in [6, 6.07) is 9.77. The smallest absolute Gasteiger partial charge is 0.181 e. The molecule has 1 N–H and O–H groups in total. The molecule has 1 fully saturated rings. The highest BCUT2D eigenvalue weighted by atomic mass is 35.5. The molecule has 7 nitrogen and oxygen atoms in total. The molecule has 1 aliphatic heterocycles. The summed E-state index contributed by atoms with van der Waals surface area (Å²) in [5.74, 6) is 1.06. The predicted octanol–water partition coefficient (Wildman–Crippen LogP) is 4.07. The average molecular weight is 452 g/mol. The molecule has 32 heavy (non-hydrogen) atoms. The van der Waals surface area contributed by atoms with Gasteiger partial charge in [-0.25, -0.2) is 9.97 Å². The third-order valence-electron chi connectivity index (χ3n) is 5.97. The van der Waals surface area contributed by atoms with Crippen molar-refractivity contribution < 1.29 is 9.53 Å². The number of halogens is 1. The van der Waals surface area contributed by atoms with Crippen molar-refractivity contribution in [3.63, 3.8) is 0 Å². The van der Waals surface area contributed by atoms with Crippen LogP contribution in [0.15, 0.2) is 36.5 Å². The van der Waals surface area contributed by atoms with E-state index in [1.807, 2.05) is 23.6 Å². The van der Waals surface area contributed by atoms with Crippen molar-refractivity contribution in [2.24, 2.45) is 0 Å². The maximum Gasteiger partial charge on any atom is 0.181 e. The van der Waals surface area contributed by atoms with Crippen molar-refractivity contribution in [3.8, 4) is 0 Å². The SMILES string of the molecule is CCc1nc2cc(Cl)ccn2c1C(=O)CCc1ccc2nc(CN3CCOCC3)[nH]c2c1. The summed E-state index contributed by atoms with van der Waals surface area (Å²) in [7, 11) is 0. The number of ether oxygens (including phenoxy) is 1. The van der Waals surface area contributed by atoms with Crippen molar-refractivity contribution in [1.82, 2.24) is 24.3 Å². The Bertz CT molecular complexity index is 1270. The van der Waals surface area contributed by atoms with Crippen molar-refractivity contribution in [2.75, 3.05) is 26.3 Å². The number of Topliss-reactive ketones (excluding diaryl/α,β-unsaturated/α-hetero) is 1. The second-order valence-electron chi connectivity index (χ2n) is 8.18. The Balaban J connectivity index is 1.30. The van der Waals surface area contributed by atoms with Crippen LogP contribution in [0.25, 0.3) is 16.7 Å². The van der Waals surface area contributed by atoms with E-state index in [2.05, 4.69) is 27.0 Å². The molecule has 166 valence electrons. The number of hydrogen-bond acceptors (Lipinski definition) is 5. The van der Waals surface area contributed by atoms with Gasteiger partial charge in [-0.05, 0) is 36.6 Å². The molecule has 0 unspecified atom stereocenters. The number of carbonyl (C=O) groups excluding carboxylic acids is 1. The van der Waals surface area contributed by atoms with E-state index in [0.29, 0.717) is 35.6 Å². The largest absolute Gasteiger partial charge is 0.379 e. The third-order valence-corrected chi connectivity index (χ3v) is 6.21. The highest BCUT2D eigenvalue weighted by Crippen LogP contribution is 2.21. The molecule has 8 heteroatoms. The first-order valence-electron chi connectivity index (χ1n) is 11.1. The molecule has 1 aliphatic rings. The summed E-state index contributed by atoms with van der Waals surface area (Å²) in [5.41, 5.74) is 5.27. The van der Waals surface area contributed by atoms with Crippen molar-refractivity contribution in [2.45, 2.75) is 32.7 Å². The number of benzene rings is 1. The fourth-order valence-corrected chi connectivity index (χ4v) is 4.45. The molecule has 0 atom stereocenters. The number of nitrogens with one attached hydrogen (secondary N) is 1. The van der Waals surface area contributed by atoms with Gasteiger partial charge in [0.25, 0.3) is 0 Å². The molecule has 0 spiro atoms. The van der Waals surface area contributed by atoms with E-state index in [-0.39, 0.29) is 5.78 Å². The normalized spacial score (nSPS) is 15.1. The van der Waals surface area contributed by atoms with Gasteiger partial charge in [-0.1, -0.05) is 24.6 Å². The monoisotopic (exact) mass is 451 g/mol. The number of aromatic nitrogens is 4. The van der Waals surface area contributed by atoms with Crippen LogP contribution >= 0.6 is 11.6 Å². The van der Waals surface area contributed by atoms with Crippen LogP contribution in [0.4, 0.5) is 0 Å². The number of aryl methyl sites for hydroxylation is 2. The van der Waals surface area contributed by atoms with Gasteiger partial charge < -0.3 is 9.72 Å². The lowest BCUT2D eigenvalue weighted by molar-refractivity contribution is 0.0332. The molecular weight excluding hydrogens is 426 g/mol. The van der Waals surface area contributed by atoms with Crippen LogP contribution < -0.4 is 0 Å². The Morgan fingerprint density at radius 2 is 2.03 bits per heavy atom. The molecule has 0 bridgehead atoms. The molecule has 4 heterocycles. The van der Waals surface area contributed by atoms with Crippen LogP contribution in [0.5, 0.6) is 0 Å². The summed E-state index contributed by atoms with van der Waals surface area (Å²) >= 11 is 6.09. The Labute approximate surface area is 191 Å². The zero-order chi connectivity index (χ0) is 22.1. The molecule has 0 saturated carbocycles. The van der Waals surface area contributed by atoms with E-state index in [1.165, 1.54) is 0 Å². The highest BCUT2D eigenvalue weighted by Gasteiger charge is 2.18. The van der Waals surface area contributed by atoms with Gasteiger partial charge >= 0.3 is 0 Å². The number of nitrogens with zero attached hydrogens (tertiary/aromatic N) is 4. The van der Waals surface area contributed by atoms with Crippen LogP contribution in [0.1, 0.15) is 40.9 Å². The topological polar surface area (TPSA) is 75.5 Å². The lowest BCUT2D eigenvalue weighted by atomic mass is 10.0. The van der Waals surface area contributed by atoms with Crippen molar-refractivity contribution in [3.05, 3.63) is 64.3 Å². The number of carbonyl (C=O) groups is 1. The van der Waals surface area contributed by atoms with Gasteiger partial charge in [0.1, 0.15) is 17.2 Å². The van der Waals surface area contributed by atoms with Crippen LogP contribution in [0.2, 0.25) is 5.02 Å².